The van der Waals surface area contributed by atoms with Gasteiger partial charge in [-0.15, -0.1) is 25.5 Å². The summed E-state index contributed by atoms with van der Waals surface area (Å²) in [4.78, 5) is 3.94. The van der Waals surface area contributed by atoms with Gasteiger partial charge in [0, 0.05) is 0 Å². The van der Waals surface area contributed by atoms with Crippen LogP contribution < -0.4 is 27.2 Å². The van der Waals surface area contributed by atoms with Crippen molar-refractivity contribution < 1.29 is 0 Å². The molecule has 0 saturated carbocycles. The third-order valence-electron chi connectivity index (χ3n) is 1.67. The fraction of sp³-hybridized carbons (Fsp3) is 0. The van der Waals surface area contributed by atoms with Gasteiger partial charge in [0.1, 0.15) is 0 Å². The summed E-state index contributed by atoms with van der Waals surface area (Å²) < 4.78 is 0. The molecule has 18 heavy (non-hydrogen) atoms. The average molecular weight is 250 g/mol. The molecule has 14 heteroatoms. The number of rotatable bonds is 3. The van der Waals surface area contributed by atoms with Gasteiger partial charge in [-0.05, 0) is 5.21 Å². The SMILES string of the molecule is N(=C1NNNN1)c1nnc(Nc2nn[nH]n2)nn1. The number of hydrogen-bond donors (Lipinski definition) is 6. The number of aliphatic imine (C=N–C) groups is 1. The molecular formula is C4H6N14. The van der Waals surface area contributed by atoms with Gasteiger partial charge >= 0.3 is 0 Å². The highest BCUT2D eigenvalue weighted by Gasteiger charge is 2.07. The highest BCUT2D eigenvalue weighted by Crippen LogP contribution is 2.04. The fourth-order valence-electron chi connectivity index (χ4n) is 1.00. The first-order valence-electron chi connectivity index (χ1n) is 4.59. The van der Waals surface area contributed by atoms with E-state index < -0.39 is 0 Å². The van der Waals surface area contributed by atoms with Crippen LogP contribution in [0.5, 0.6) is 0 Å². The van der Waals surface area contributed by atoms with E-state index in [-0.39, 0.29) is 17.8 Å². The quantitative estimate of drug-likeness (QED) is 0.319. The number of hydrazine groups is 3. The summed E-state index contributed by atoms with van der Waals surface area (Å²) >= 11 is 0. The number of guanidine groups is 1. The van der Waals surface area contributed by atoms with Gasteiger partial charge in [0.05, 0.1) is 0 Å². The van der Waals surface area contributed by atoms with Crippen molar-refractivity contribution in [1.82, 2.24) is 62.9 Å². The molecule has 1 fully saturated rings. The lowest BCUT2D eigenvalue weighted by atomic mass is 10.9. The number of aromatic nitrogens is 8. The molecule has 2 aromatic rings. The Bertz CT molecular complexity index is 517. The van der Waals surface area contributed by atoms with E-state index >= 15 is 0 Å². The van der Waals surface area contributed by atoms with Crippen molar-refractivity contribution >= 4 is 23.8 Å². The predicted octanol–water partition coefficient (Wildman–Crippen LogP) is -3.37. The summed E-state index contributed by atoms with van der Waals surface area (Å²) in [5.74, 6) is 0.806. The molecular weight excluding hydrogens is 244 g/mol. The van der Waals surface area contributed by atoms with Crippen molar-refractivity contribution in [3.8, 4) is 0 Å². The molecule has 1 aliphatic heterocycles. The molecule has 3 rings (SSSR count). The maximum atomic E-state index is 3.94. The number of aromatic amines is 1. The monoisotopic (exact) mass is 250 g/mol. The third kappa shape index (κ3) is 2.23. The van der Waals surface area contributed by atoms with Gasteiger partial charge < -0.3 is 0 Å². The van der Waals surface area contributed by atoms with Crippen molar-refractivity contribution in [3.05, 3.63) is 0 Å². The van der Waals surface area contributed by atoms with Crippen LogP contribution in [0.1, 0.15) is 0 Å². The summed E-state index contributed by atoms with van der Waals surface area (Å²) in [5.41, 5.74) is 10.4. The Morgan fingerprint density at radius 3 is 2.33 bits per heavy atom. The van der Waals surface area contributed by atoms with Crippen molar-refractivity contribution in [3.63, 3.8) is 0 Å². The zero-order valence-electron chi connectivity index (χ0n) is 8.58. The Hall–Kier alpha value is -3.00. The summed E-state index contributed by atoms with van der Waals surface area (Å²) in [6.07, 6.45) is 0. The molecule has 0 amide bonds. The molecule has 0 aliphatic carbocycles. The van der Waals surface area contributed by atoms with Gasteiger partial charge in [-0.3, -0.25) is 16.2 Å². The summed E-state index contributed by atoms with van der Waals surface area (Å²) in [7, 11) is 0. The molecule has 0 atom stereocenters. The molecule has 0 unspecified atom stereocenters. The van der Waals surface area contributed by atoms with Crippen molar-refractivity contribution in [2.45, 2.75) is 0 Å². The molecule has 92 valence electrons. The number of H-pyrrole nitrogens is 1. The molecule has 3 heterocycles. The Balaban J connectivity index is 1.70. The smallest absolute Gasteiger partial charge is 0.287 e. The number of nitrogens with zero attached hydrogens (tertiary/aromatic N) is 8. The largest absolute Gasteiger partial charge is 0.291 e. The summed E-state index contributed by atoms with van der Waals surface area (Å²) in [5, 5.41) is 30.5. The van der Waals surface area contributed by atoms with E-state index in [0.29, 0.717) is 5.96 Å². The number of hydrogen-bond acceptors (Lipinski definition) is 11. The summed E-state index contributed by atoms with van der Waals surface area (Å²) in [6.45, 7) is 0. The standard InChI is InChI=1S/C4H6N14/c5(3-11-15-16-12-3)1-7-9-2(10-8-1)6-4-13-17-18-14-4/h15-16H,(H2,5,7,8,11,12)(H2,6,9,10,13,14,17,18). The van der Waals surface area contributed by atoms with E-state index in [1.807, 2.05) is 0 Å². The second-order valence-corrected chi connectivity index (χ2v) is 2.84. The second kappa shape index (κ2) is 4.47. The molecule has 0 aromatic carbocycles. The molecule has 1 saturated heterocycles. The van der Waals surface area contributed by atoms with Crippen LogP contribution >= 0.6 is 0 Å². The molecule has 0 radical (unpaired) electrons. The van der Waals surface area contributed by atoms with Crippen LogP contribution in [0.2, 0.25) is 0 Å². The van der Waals surface area contributed by atoms with Gasteiger partial charge in [-0.2, -0.15) is 21.3 Å². The van der Waals surface area contributed by atoms with Gasteiger partial charge in [0.15, 0.2) is 0 Å². The van der Waals surface area contributed by atoms with Gasteiger partial charge in [0.25, 0.3) is 17.8 Å². The van der Waals surface area contributed by atoms with Crippen LogP contribution in [-0.2, 0) is 0 Å². The Kier molecular flexibility index (Phi) is 2.53. The van der Waals surface area contributed by atoms with E-state index in [0.717, 1.165) is 0 Å². The second-order valence-electron chi connectivity index (χ2n) is 2.84. The maximum Gasteiger partial charge on any atom is 0.291 e. The third-order valence-corrected chi connectivity index (χ3v) is 1.67. The van der Waals surface area contributed by atoms with Crippen molar-refractivity contribution in [1.29, 1.82) is 0 Å². The normalized spacial score (nSPS) is 13.9. The van der Waals surface area contributed by atoms with Crippen LogP contribution in [0.25, 0.3) is 0 Å². The van der Waals surface area contributed by atoms with Crippen molar-refractivity contribution in [2.24, 2.45) is 4.99 Å². The lowest BCUT2D eigenvalue weighted by molar-refractivity contribution is 0.556. The molecule has 6 N–H and O–H groups in total. The first-order valence-corrected chi connectivity index (χ1v) is 4.59. The van der Waals surface area contributed by atoms with Crippen LogP contribution in [0.3, 0.4) is 0 Å². The highest BCUT2D eigenvalue weighted by molar-refractivity contribution is 5.81. The Labute approximate surface area is 98.0 Å². The average Bonchev–Trinajstić information content (AvgIpc) is 3.05. The number of tetrazole rings is 1. The Morgan fingerprint density at radius 2 is 1.67 bits per heavy atom. The number of nitrogens with one attached hydrogen (secondary N) is 6. The topological polar surface area (TPSA) is 179 Å². The maximum absolute atomic E-state index is 3.94. The molecule has 0 spiro atoms. The van der Waals surface area contributed by atoms with E-state index in [9.17, 15) is 0 Å². The molecule has 0 bridgehead atoms. The Morgan fingerprint density at radius 1 is 0.889 bits per heavy atom. The molecule has 2 aromatic heterocycles. The van der Waals surface area contributed by atoms with Gasteiger partial charge in [-0.25, -0.2) is 0 Å². The minimum absolute atomic E-state index is 0.0779. The lowest BCUT2D eigenvalue weighted by Crippen LogP contribution is -2.33. The fourth-order valence-corrected chi connectivity index (χ4v) is 1.00. The van der Waals surface area contributed by atoms with Crippen LogP contribution in [0, 0.1) is 0 Å². The van der Waals surface area contributed by atoms with Crippen LogP contribution in [-0.4, -0.2) is 47.0 Å². The first kappa shape index (κ1) is 10.2. The van der Waals surface area contributed by atoms with Gasteiger partial charge in [0.2, 0.25) is 5.96 Å². The minimum Gasteiger partial charge on any atom is -0.287 e. The van der Waals surface area contributed by atoms with E-state index in [4.69, 9.17) is 0 Å². The first-order chi connectivity index (χ1) is 8.90. The predicted molar refractivity (Wildman–Crippen MR) is 54.7 cm³/mol. The highest BCUT2D eigenvalue weighted by atomic mass is 15.8. The van der Waals surface area contributed by atoms with E-state index in [1.165, 1.54) is 0 Å². The van der Waals surface area contributed by atoms with E-state index in [1.54, 1.807) is 0 Å². The lowest BCUT2D eigenvalue weighted by Gasteiger charge is -1.97. The number of anilines is 2. The zero-order valence-corrected chi connectivity index (χ0v) is 8.58. The van der Waals surface area contributed by atoms with E-state index in [2.05, 4.69) is 73.2 Å². The van der Waals surface area contributed by atoms with Gasteiger partial charge in [-0.1, -0.05) is 5.10 Å². The zero-order chi connectivity index (χ0) is 12.2. The van der Waals surface area contributed by atoms with Crippen LogP contribution in [0.15, 0.2) is 4.99 Å². The van der Waals surface area contributed by atoms with Crippen LogP contribution in [0.4, 0.5) is 17.8 Å². The molecule has 1 aliphatic rings. The van der Waals surface area contributed by atoms with Crippen molar-refractivity contribution in [2.75, 3.05) is 5.32 Å². The molecule has 14 nitrogen and oxygen atoms in total. The summed E-state index contributed by atoms with van der Waals surface area (Å²) in [6, 6.07) is 0. The minimum atomic E-state index is 0.0779.